The third kappa shape index (κ3) is 5.14. The van der Waals surface area contributed by atoms with E-state index in [4.69, 9.17) is 18.7 Å². The van der Waals surface area contributed by atoms with Crippen LogP contribution in [0.5, 0.6) is 11.5 Å². The minimum atomic E-state index is -0.141. The number of nitrogens with one attached hydrogen (secondary N) is 1. The second-order valence-electron chi connectivity index (χ2n) is 6.68. The molecule has 29 heavy (non-hydrogen) atoms. The lowest BCUT2D eigenvalue weighted by Crippen LogP contribution is -2.28. The highest BCUT2D eigenvalue weighted by atomic mass is 16.7. The smallest absolute Gasteiger partial charge is 0.246 e. The third-order valence-corrected chi connectivity index (χ3v) is 4.51. The molecule has 1 aromatic heterocycles. The van der Waals surface area contributed by atoms with E-state index in [0.717, 1.165) is 18.4 Å². The van der Waals surface area contributed by atoms with Crippen LogP contribution in [0.1, 0.15) is 17.7 Å². The number of aromatic nitrogens is 1. The van der Waals surface area contributed by atoms with E-state index in [2.05, 4.69) is 22.6 Å². The molecular formula is C22H22N2O5. The average Bonchev–Trinajstić information content (AvgIpc) is 3.41. The van der Waals surface area contributed by atoms with Gasteiger partial charge < -0.3 is 24.1 Å². The van der Waals surface area contributed by atoms with E-state index < -0.39 is 0 Å². The summed E-state index contributed by atoms with van der Waals surface area (Å²) < 4.78 is 21.5. The molecule has 0 unspecified atom stereocenters. The topological polar surface area (TPSA) is 82.8 Å². The molecule has 0 atom stereocenters. The molecule has 2 aromatic carbocycles. The Labute approximate surface area is 168 Å². The van der Waals surface area contributed by atoms with Gasteiger partial charge in [0.05, 0.1) is 6.61 Å². The first-order chi connectivity index (χ1) is 14.3. The number of carbonyl (C=O) groups is 1. The van der Waals surface area contributed by atoms with E-state index >= 15 is 0 Å². The second kappa shape index (κ2) is 9.25. The van der Waals surface area contributed by atoms with E-state index in [0.29, 0.717) is 29.5 Å². The fourth-order valence-electron chi connectivity index (χ4n) is 3.03. The molecule has 1 aliphatic heterocycles. The lowest BCUT2D eigenvalue weighted by Gasteiger charge is -2.05. The maximum absolute atomic E-state index is 11.9. The Bertz CT molecular complexity index is 955. The van der Waals surface area contributed by atoms with Gasteiger partial charge in [0.1, 0.15) is 12.3 Å². The lowest BCUT2D eigenvalue weighted by molar-refractivity contribution is -0.126. The van der Waals surface area contributed by atoms with E-state index in [1.54, 1.807) is 6.07 Å². The number of amides is 1. The Balaban J connectivity index is 1.17. The lowest BCUT2D eigenvalue weighted by atomic mass is 10.1. The summed E-state index contributed by atoms with van der Waals surface area (Å²) >= 11 is 0. The molecule has 0 fully saturated rings. The highest BCUT2D eigenvalue weighted by molar-refractivity contribution is 5.77. The fourth-order valence-corrected chi connectivity index (χ4v) is 3.03. The van der Waals surface area contributed by atoms with Crippen LogP contribution in [0.3, 0.4) is 0 Å². The van der Waals surface area contributed by atoms with Crippen LogP contribution in [0, 0.1) is 0 Å². The van der Waals surface area contributed by atoms with Crippen molar-refractivity contribution in [3.8, 4) is 22.8 Å². The second-order valence-corrected chi connectivity index (χ2v) is 6.68. The van der Waals surface area contributed by atoms with Gasteiger partial charge in [-0.2, -0.15) is 0 Å². The monoisotopic (exact) mass is 394 g/mol. The zero-order valence-electron chi connectivity index (χ0n) is 15.9. The van der Waals surface area contributed by atoms with Crippen LogP contribution >= 0.6 is 0 Å². The summed E-state index contributed by atoms with van der Waals surface area (Å²) in [6.45, 7) is 1.03. The van der Waals surface area contributed by atoms with E-state index in [9.17, 15) is 4.79 Å². The molecule has 0 bridgehead atoms. The average molecular weight is 394 g/mol. The van der Waals surface area contributed by atoms with Gasteiger partial charge in [-0.05, 0) is 36.6 Å². The number of benzene rings is 2. The van der Waals surface area contributed by atoms with E-state index in [1.807, 2.05) is 36.4 Å². The van der Waals surface area contributed by atoms with Crippen LogP contribution in [0.25, 0.3) is 11.3 Å². The summed E-state index contributed by atoms with van der Waals surface area (Å²) in [5.41, 5.74) is 2.72. The van der Waals surface area contributed by atoms with Gasteiger partial charge in [-0.3, -0.25) is 4.79 Å². The number of fused-ring (bicyclic) bond motifs is 1. The number of hydrogen-bond donors (Lipinski definition) is 1. The minimum Gasteiger partial charge on any atom is -0.454 e. The van der Waals surface area contributed by atoms with Crippen LogP contribution < -0.4 is 14.8 Å². The molecule has 4 rings (SSSR count). The molecule has 0 spiro atoms. The number of aryl methyl sites for hydroxylation is 1. The molecule has 2 heterocycles. The summed E-state index contributed by atoms with van der Waals surface area (Å²) in [7, 11) is 0. The Hall–Kier alpha value is -3.32. The Morgan fingerprint density at radius 3 is 2.83 bits per heavy atom. The normalized spacial score (nSPS) is 12.1. The summed E-state index contributed by atoms with van der Waals surface area (Å²) in [6.07, 6.45) is 1.82. The summed E-state index contributed by atoms with van der Waals surface area (Å²) in [6, 6.07) is 17.5. The maximum atomic E-state index is 11.9. The van der Waals surface area contributed by atoms with Crippen LogP contribution in [-0.4, -0.2) is 31.0 Å². The number of hydrogen-bond acceptors (Lipinski definition) is 6. The van der Waals surface area contributed by atoms with Gasteiger partial charge >= 0.3 is 0 Å². The van der Waals surface area contributed by atoms with Crippen molar-refractivity contribution in [1.29, 1.82) is 0 Å². The molecule has 0 saturated heterocycles. The molecular weight excluding hydrogens is 372 g/mol. The standard InChI is InChI=1S/C22H22N2O5/c25-22(23-10-4-7-16-5-2-1-3-6-16)14-26-13-18-12-20(29-24-18)17-8-9-19-21(11-17)28-15-27-19/h1-3,5-6,8-9,11-12H,4,7,10,13-15H2,(H,23,25). The Morgan fingerprint density at radius 1 is 1.07 bits per heavy atom. The van der Waals surface area contributed by atoms with Crippen LogP contribution in [-0.2, 0) is 22.6 Å². The van der Waals surface area contributed by atoms with Crippen molar-refractivity contribution in [2.45, 2.75) is 19.4 Å². The molecule has 0 aliphatic carbocycles. The maximum Gasteiger partial charge on any atom is 0.246 e. The van der Waals surface area contributed by atoms with Crippen molar-refractivity contribution in [3.63, 3.8) is 0 Å². The van der Waals surface area contributed by atoms with Gasteiger partial charge in [-0.25, -0.2) is 0 Å². The van der Waals surface area contributed by atoms with E-state index in [1.165, 1.54) is 5.56 Å². The third-order valence-electron chi connectivity index (χ3n) is 4.51. The molecule has 1 N–H and O–H groups in total. The molecule has 0 radical (unpaired) electrons. The van der Waals surface area contributed by atoms with Crippen LogP contribution in [0.2, 0.25) is 0 Å². The predicted octanol–water partition coefficient (Wildman–Crippen LogP) is 3.34. The first-order valence-corrected chi connectivity index (χ1v) is 9.52. The fraction of sp³-hybridized carbons (Fsp3) is 0.273. The largest absolute Gasteiger partial charge is 0.454 e. The van der Waals surface area contributed by atoms with Gasteiger partial charge in [0.25, 0.3) is 0 Å². The number of ether oxygens (including phenoxy) is 3. The van der Waals surface area contributed by atoms with Crippen LogP contribution in [0.15, 0.2) is 59.1 Å². The number of carbonyl (C=O) groups excluding carboxylic acids is 1. The highest BCUT2D eigenvalue weighted by Gasteiger charge is 2.16. The molecule has 0 saturated carbocycles. The molecule has 1 aliphatic rings. The van der Waals surface area contributed by atoms with Crippen molar-refractivity contribution < 1.29 is 23.5 Å². The number of rotatable bonds is 9. The van der Waals surface area contributed by atoms with Crippen LogP contribution in [0.4, 0.5) is 0 Å². The summed E-state index contributed by atoms with van der Waals surface area (Å²) in [5.74, 6) is 1.86. The number of nitrogens with zero attached hydrogens (tertiary/aromatic N) is 1. The molecule has 7 heteroatoms. The van der Waals surface area contributed by atoms with Gasteiger partial charge in [-0.15, -0.1) is 0 Å². The van der Waals surface area contributed by atoms with Crippen molar-refractivity contribution in [2.24, 2.45) is 0 Å². The molecule has 1 amide bonds. The first kappa shape index (κ1) is 19.0. The Morgan fingerprint density at radius 2 is 1.93 bits per heavy atom. The predicted molar refractivity (Wildman–Crippen MR) is 105 cm³/mol. The van der Waals surface area contributed by atoms with E-state index in [-0.39, 0.29) is 25.9 Å². The van der Waals surface area contributed by atoms with Gasteiger partial charge in [0.2, 0.25) is 12.7 Å². The molecule has 150 valence electrons. The first-order valence-electron chi connectivity index (χ1n) is 9.52. The van der Waals surface area contributed by atoms with Crippen molar-refractivity contribution in [1.82, 2.24) is 10.5 Å². The zero-order chi connectivity index (χ0) is 19.9. The Kier molecular flexibility index (Phi) is 6.07. The molecule has 3 aromatic rings. The molecule has 7 nitrogen and oxygen atoms in total. The quantitative estimate of drug-likeness (QED) is 0.561. The van der Waals surface area contributed by atoms with Crippen molar-refractivity contribution in [2.75, 3.05) is 19.9 Å². The van der Waals surface area contributed by atoms with Gasteiger partial charge in [-0.1, -0.05) is 35.5 Å². The summed E-state index contributed by atoms with van der Waals surface area (Å²) in [4.78, 5) is 11.9. The zero-order valence-corrected chi connectivity index (χ0v) is 15.9. The SMILES string of the molecule is O=C(COCc1cc(-c2ccc3c(c2)OCO3)on1)NCCCc1ccccc1. The van der Waals surface area contributed by atoms with Gasteiger partial charge in [0.15, 0.2) is 17.3 Å². The minimum absolute atomic E-state index is 0.0163. The van der Waals surface area contributed by atoms with Crippen molar-refractivity contribution >= 4 is 5.91 Å². The highest BCUT2D eigenvalue weighted by Crippen LogP contribution is 2.36. The van der Waals surface area contributed by atoms with Crippen molar-refractivity contribution in [3.05, 3.63) is 65.9 Å². The summed E-state index contributed by atoms with van der Waals surface area (Å²) in [5, 5.41) is 6.85. The van der Waals surface area contributed by atoms with Gasteiger partial charge in [0, 0.05) is 18.2 Å².